The lowest BCUT2D eigenvalue weighted by molar-refractivity contribution is -0.153. The molecule has 0 spiro atoms. The van der Waals surface area contributed by atoms with E-state index in [9.17, 15) is 9.59 Å². The molecule has 0 N–H and O–H groups in total. The fourth-order valence-corrected chi connectivity index (χ4v) is 2.97. The third-order valence-corrected chi connectivity index (χ3v) is 4.10. The van der Waals surface area contributed by atoms with Gasteiger partial charge in [-0.3, -0.25) is 14.5 Å². The number of piperidine rings is 1. The fourth-order valence-electron chi connectivity index (χ4n) is 2.97. The van der Waals surface area contributed by atoms with Crippen molar-refractivity contribution in [3.8, 4) is 0 Å². The number of carbonyl (C=O) groups is 2. The molecule has 2 atom stereocenters. The van der Waals surface area contributed by atoms with Crippen LogP contribution in [-0.4, -0.2) is 36.3 Å². The van der Waals surface area contributed by atoms with Crippen LogP contribution in [0.4, 0.5) is 0 Å². The van der Waals surface area contributed by atoms with E-state index in [1.807, 2.05) is 18.2 Å². The normalized spacial score (nSPS) is 23.0. The summed E-state index contributed by atoms with van der Waals surface area (Å²) in [6, 6.07) is 10.4. The highest BCUT2D eigenvalue weighted by molar-refractivity contribution is 6.00. The zero-order valence-corrected chi connectivity index (χ0v) is 12.7. The van der Waals surface area contributed by atoms with Gasteiger partial charge in [-0.05, 0) is 12.0 Å². The third kappa shape index (κ3) is 3.91. The monoisotopic (exact) mass is 289 g/mol. The summed E-state index contributed by atoms with van der Waals surface area (Å²) < 4.78 is 4.77. The molecule has 1 aliphatic heterocycles. The molecule has 4 nitrogen and oxygen atoms in total. The molecule has 0 radical (unpaired) electrons. The highest BCUT2D eigenvalue weighted by atomic mass is 16.5. The molecule has 0 bridgehead atoms. The molecule has 114 valence electrons. The molecular weight excluding hydrogens is 266 g/mol. The number of hydrogen-bond donors (Lipinski definition) is 0. The molecule has 21 heavy (non-hydrogen) atoms. The predicted molar refractivity (Wildman–Crippen MR) is 80.7 cm³/mol. The van der Waals surface area contributed by atoms with E-state index < -0.39 is 11.9 Å². The zero-order chi connectivity index (χ0) is 15.2. The van der Waals surface area contributed by atoms with Crippen molar-refractivity contribution in [2.24, 2.45) is 5.92 Å². The van der Waals surface area contributed by atoms with Crippen molar-refractivity contribution >= 4 is 11.8 Å². The largest absolute Gasteiger partial charge is 0.468 e. The molecule has 4 heteroatoms. The van der Waals surface area contributed by atoms with E-state index in [2.05, 4.69) is 24.0 Å². The first-order valence-corrected chi connectivity index (χ1v) is 7.54. The second-order valence-corrected chi connectivity index (χ2v) is 5.60. The molecule has 1 fully saturated rings. The Morgan fingerprint density at radius 2 is 2.05 bits per heavy atom. The number of rotatable bonds is 5. The second kappa shape index (κ2) is 7.36. The Kier molecular flexibility index (Phi) is 5.51. The van der Waals surface area contributed by atoms with Gasteiger partial charge in [-0.1, -0.05) is 43.7 Å². The zero-order valence-electron chi connectivity index (χ0n) is 12.7. The summed E-state index contributed by atoms with van der Waals surface area (Å²) in [5, 5.41) is 0. The number of esters is 1. The van der Waals surface area contributed by atoms with Gasteiger partial charge in [0.15, 0.2) is 0 Å². The van der Waals surface area contributed by atoms with Crippen LogP contribution in [0.25, 0.3) is 0 Å². The van der Waals surface area contributed by atoms with Gasteiger partial charge in [-0.25, -0.2) is 0 Å². The van der Waals surface area contributed by atoms with Crippen molar-refractivity contribution in [3.63, 3.8) is 0 Å². The Morgan fingerprint density at radius 1 is 1.33 bits per heavy atom. The topological polar surface area (TPSA) is 46.6 Å². The first kappa shape index (κ1) is 15.7. The standard InChI is InChI=1S/C17H23NO3/c1-3-7-14-10-16(19)15(17(20)21-2)12-18(14)11-13-8-5-4-6-9-13/h4-6,8-9,14-15H,3,7,10-12H2,1-2H3. The van der Waals surface area contributed by atoms with Gasteiger partial charge < -0.3 is 4.74 Å². The quantitative estimate of drug-likeness (QED) is 0.617. The smallest absolute Gasteiger partial charge is 0.317 e. The predicted octanol–water partition coefficient (Wildman–Crippen LogP) is 2.42. The van der Waals surface area contributed by atoms with Crippen molar-refractivity contribution in [1.82, 2.24) is 4.90 Å². The summed E-state index contributed by atoms with van der Waals surface area (Å²) in [6.07, 6.45) is 2.46. The number of likely N-dealkylation sites (tertiary alicyclic amines) is 1. The lowest BCUT2D eigenvalue weighted by atomic mass is 9.89. The number of carbonyl (C=O) groups excluding carboxylic acids is 2. The van der Waals surface area contributed by atoms with Crippen molar-refractivity contribution in [2.75, 3.05) is 13.7 Å². The Morgan fingerprint density at radius 3 is 2.67 bits per heavy atom. The Balaban J connectivity index is 2.13. The molecule has 2 rings (SSSR count). The first-order chi connectivity index (χ1) is 10.2. The van der Waals surface area contributed by atoms with Crippen molar-refractivity contribution in [2.45, 2.75) is 38.8 Å². The maximum absolute atomic E-state index is 12.2. The highest BCUT2D eigenvalue weighted by Gasteiger charge is 2.38. The van der Waals surface area contributed by atoms with Gasteiger partial charge in [0, 0.05) is 25.6 Å². The van der Waals surface area contributed by atoms with Gasteiger partial charge in [0.1, 0.15) is 11.7 Å². The molecule has 1 heterocycles. The van der Waals surface area contributed by atoms with Crippen LogP contribution in [0.1, 0.15) is 31.7 Å². The van der Waals surface area contributed by atoms with Crippen molar-refractivity contribution < 1.29 is 14.3 Å². The second-order valence-electron chi connectivity index (χ2n) is 5.60. The van der Waals surface area contributed by atoms with Crippen LogP contribution in [0.15, 0.2) is 30.3 Å². The average Bonchev–Trinajstić information content (AvgIpc) is 2.50. The molecule has 0 aromatic heterocycles. The first-order valence-electron chi connectivity index (χ1n) is 7.54. The lowest BCUT2D eigenvalue weighted by Gasteiger charge is -2.38. The molecule has 0 aliphatic carbocycles. The number of nitrogens with zero attached hydrogens (tertiary/aromatic N) is 1. The van der Waals surface area contributed by atoms with Gasteiger partial charge in [0.05, 0.1) is 7.11 Å². The van der Waals surface area contributed by atoms with Gasteiger partial charge >= 0.3 is 5.97 Å². The minimum absolute atomic E-state index is 0.0182. The van der Waals surface area contributed by atoms with E-state index in [1.54, 1.807) is 0 Å². The van der Waals surface area contributed by atoms with E-state index in [0.29, 0.717) is 13.0 Å². The van der Waals surface area contributed by atoms with E-state index in [0.717, 1.165) is 19.4 Å². The molecule has 1 aliphatic rings. The summed E-state index contributed by atoms with van der Waals surface area (Å²) in [4.78, 5) is 26.2. The minimum atomic E-state index is -0.633. The maximum atomic E-state index is 12.2. The summed E-state index contributed by atoms with van der Waals surface area (Å²) in [7, 11) is 1.34. The molecule has 2 unspecified atom stereocenters. The van der Waals surface area contributed by atoms with Crippen LogP contribution in [0, 0.1) is 5.92 Å². The highest BCUT2D eigenvalue weighted by Crippen LogP contribution is 2.25. The van der Waals surface area contributed by atoms with Crippen LogP contribution in [0.3, 0.4) is 0 Å². The van der Waals surface area contributed by atoms with E-state index >= 15 is 0 Å². The van der Waals surface area contributed by atoms with Crippen LogP contribution >= 0.6 is 0 Å². The molecule has 1 saturated heterocycles. The van der Waals surface area contributed by atoms with Crippen LogP contribution in [0.2, 0.25) is 0 Å². The summed E-state index contributed by atoms with van der Waals surface area (Å²) in [5.74, 6) is -1.02. The molecule has 0 saturated carbocycles. The molecule has 1 aromatic carbocycles. The van der Waals surface area contributed by atoms with Gasteiger partial charge in [0.2, 0.25) is 0 Å². The van der Waals surface area contributed by atoms with Gasteiger partial charge in [-0.15, -0.1) is 0 Å². The molecule has 0 amide bonds. The van der Waals surface area contributed by atoms with Gasteiger partial charge in [-0.2, -0.15) is 0 Å². The van der Waals surface area contributed by atoms with E-state index in [4.69, 9.17) is 4.74 Å². The lowest BCUT2D eigenvalue weighted by Crippen LogP contribution is -2.49. The van der Waals surface area contributed by atoms with E-state index in [1.165, 1.54) is 12.7 Å². The molecule has 1 aromatic rings. The minimum Gasteiger partial charge on any atom is -0.468 e. The van der Waals surface area contributed by atoms with Crippen LogP contribution in [0.5, 0.6) is 0 Å². The number of ketones is 1. The number of methoxy groups -OCH3 is 1. The Hall–Kier alpha value is -1.68. The van der Waals surface area contributed by atoms with E-state index in [-0.39, 0.29) is 11.8 Å². The molecular formula is C17H23NO3. The number of benzene rings is 1. The van der Waals surface area contributed by atoms with Crippen LogP contribution in [-0.2, 0) is 20.9 Å². The summed E-state index contributed by atoms with van der Waals surface area (Å²) in [5.41, 5.74) is 1.21. The van der Waals surface area contributed by atoms with Crippen molar-refractivity contribution in [1.29, 1.82) is 0 Å². The number of hydrogen-bond acceptors (Lipinski definition) is 4. The maximum Gasteiger partial charge on any atom is 0.317 e. The Bertz CT molecular complexity index is 486. The fraction of sp³-hybridized carbons (Fsp3) is 0.529. The number of Topliss-reactive ketones (excluding diaryl/α,β-unsaturated/α-hetero) is 1. The van der Waals surface area contributed by atoms with Crippen LogP contribution < -0.4 is 0 Å². The van der Waals surface area contributed by atoms with Gasteiger partial charge in [0.25, 0.3) is 0 Å². The number of ether oxygens (including phenoxy) is 1. The van der Waals surface area contributed by atoms with Crippen molar-refractivity contribution in [3.05, 3.63) is 35.9 Å². The Labute approximate surface area is 126 Å². The summed E-state index contributed by atoms with van der Waals surface area (Å²) >= 11 is 0. The average molecular weight is 289 g/mol. The SMILES string of the molecule is CCCC1CC(=O)C(C(=O)OC)CN1Cc1ccccc1. The summed E-state index contributed by atoms with van der Waals surface area (Å²) in [6.45, 7) is 3.36. The third-order valence-electron chi connectivity index (χ3n) is 4.10.